The molecule has 1 aromatic rings. The third-order valence-electron chi connectivity index (χ3n) is 5.53. The Morgan fingerprint density at radius 3 is 2.62 bits per heavy atom. The van der Waals surface area contributed by atoms with Crippen molar-refractivity contribution in [2.24, 2.45) is 0 Å². The molecule has 2 fully saturated rings. The van der Waals surface area contributed by atoms with Gasteiger partial charge in [0.25, 0.3) is 5.91 Å². The molecule has 1 unspecified atom stereocenters. The Hall–Kier alpha value is -2.10. The molecule has 144 valence electrons. The number of piperazine rings is 1. The van der Waals surface area contributed by atoms with E-state index in [1.807, 2.05) is 12.1 Å². The zero-order valence-electron chi connectivity index (χ0n) is 14.8. The first-order valence-corrected chi connectivity index (χ1v) is 8.49. The van der Waals surface area contributed by atoms with E-state index in [9.17, 15) is 22.8 Å². The van der Waals surface area contributed by atoms with Gasteiger partial charge in [0.1, 0.15) is 5.69 Å². The Labute approximate surface area is 149 Å². The van der Waals surface area contributed by atoms with Gasteiger partial charge in [-0.2, -0.15) is 18.3 Å². The molecule has 2 saturated heterocycles. The number of nitrogens with one attached hydrogen (secondary N) is 1. The second-order valence-corrected chi connectivity index (χ2v) is 7.10. The summed E-state index contributed by atoms with van der Waals surface area (Å²) < 4.78 is 38.2. The number of carbonyl (C=O) groups is 2. The summed E-state index contributed by atoms with van der Waals surface area (Å²) >= 11 is 0. The van der Waals surface area contributed by atoms with Crippen molar-refractivity contribution in [1.29, 1.82) is 0 Å². The summed E-state index contributed by atoms with van der Waals surface area (Å²) in [5.74, 6) is -0.450. The number of amides is 2. The number of hydrogen-bond donors (Lipinski definition) is 1. The van der Waals surface area contributed by atoms with Gasteiger partial charge in [-0.25, -0.2) is 0 Å². The first-order chi connectivity index (χ1) is 12.1. The van der Waals surface area contributed by atoms with Crippen molar-refractivity contribution in [3.05, 3.63) is 17.5 Å². The van der Waals surface area contributed by atoms with Crippen LogP contribution in [0.4, 0.5) is 13.2 Å². The third-order valence-corrected chi connectivity index (χ3v) is 5.53. The van der Waals surface area contributed by atoms with Gasteiger partial charge in [0.2, 0.25) is 5.91 Å². The van der Waals surface area contributed by atoms with Crippen LogP contribution in [0.1, 0.15) is 35.4 Å². The van der Waals surface area contributed by atoms with Crippen molar-refractivity contribution in [3.63, 3.8) is 0 Å². The minimum absolute atomic E-state index is 0.0702. The monoisotopic (exact) mass is 373 g/mol. The van der Waals surface area contributed by atoms with Crippen LogP contribution in [0.15, 0.2) is 6.07 Å². The first-order valence-electron chi connectivity index (χ1n) is 8.49. The highest BCUT2D eigenvalue weighted by Crippen LogP contribution is 2.33. The average Bonchev–Trinajstić information content (AvgIpc) is 3.04. The van der Waals surface area contributed by atoms with E-state index >= 15 is 0 Å². The van der Waals surface area contributed by atoms with E-state index in [4.69, 9.17) is 0 Å². The average molecular weight is 373 g/mol. The van der Waals surface area contributed by atoms with Gasteiger partial charge in [0, 0.05) is 51.3 Å². The Morgan fingerprint density at radius 2 is 1.96 bits per heavy atom. The molecule has 2 aliphatic heterocycles. The van der Waals surface area contributed by atoms with Crippen LogP contribution in [0.3, 0.4) is 0 Å². The molecule has 1 aromatic heterocycles. The molecule has 7 nitrogen and oxygen atoms in total. The zero-order valence-corrected chi connectivity index (χ0v) is 14.8. The normalized spacial score (nSPS) is 25.7. The van der Waals surface area contributed by atoms with Crippen molar-refractivity contribution in [2.45, 2.75) is 31.0 Å². The van der Waals surface area contributed by atoms with Crippen molar-refractivity contribution < 1.29 is 22.8 Å². The SMILES string of the molecule is CN1CCC2(CCC1=O)CN(C(=O)c1cc(C(F)(F)F)[nH]n1)CCN2C. The predicted octanol–water partition coefficient (Wildman–Crippen LogP) is 1.20. The summed E-state index contributed by atoms with van der Waals surface area (Å²) in [5, 5.41) is 5.42. The molecule has 1 atom stereocenters. The van der Waals surface area contributed by atoms with Gasteiger partial charge in [0.05, 0.1) is 0 Å². The number of likely N-dealkylation sites (N-methyl/N-ethyl adjacent to an activating group) is 1. The Morgan fingerprint density at radius 1 is 1.23 bits per heavy atom. The Bertz CT molecular complexity index is 704. The number of alkyl halides is 3. The molecule has 2 amide bonds. The van der Waals surface area contributed by atoms with Crippen molar-refractivity contribution in [1.82, 2.24) is 24.9 Å². The van der Waals surface area contributed by atoms with E-state index in [-0.39, 0.29) is 17.1 Å². The third kappa shape index (κ3) is 3.42. The molecule has 3 heterocycles. The van der Waals surface area contributed by atoms with Gasteiger partial charge in [-0.15, -0.1) is 0 Å². The van der Waals surface area contributed by atoms with Gasteiger partial charge < -0.3 is 9.80 Å². The van der Waals surface area contributed by atoms with Crippen LogP contribution in [-0.2, 0) is 11.0 Å². The van der Waals surface area contributed by atoms with E-state index in [1.54, 1.807) is 16.8 Å². The molecule has 0 saturated carbocycles. The van der Waals surface area contributed by atoms with Crippen LogP contribution in [0, 0.1) is 0 Å². The van der Waals surface area contributed by atoms with E-state index in [0.29, 0.717) is 45.4 Å². The van der Waals surface area contributed by atoms with E-state index < -0.39 is 17.8 Å². The molecule has 0 aliphatic carbocycles. The molecular formula is C16H22F3N5O2. The van der Waals surface area contributed by atoms with Crippen LogP contribution in [0.5, 0.6) is 0 Å². The van der Waals surface area contributed by atoms with Gasteiger partial charge in [0.15, 0.2) is 5.69 Å². The lowest BCUT2D eigenvalue weighted by Crippen LogP contribution is -2.62. The maximum absolute atomic E-state index is 12.7. The molecule has 1 spiro atoms. The lowest BCUT2D eigenvalue weighted by molar-refractivity contribution is -0.141. The molecule has 26 heavy (non-hydrogen) atoms. The topological polar surface area (TPSA) is 72.5 Å². The van der Waals surface area contributed by atoms with Crippen molar-refractivity contribution in [3.8, 4) is 0 Å². The fourth-order valence-corrected chi connectivity index (χ4v) is 3.67. The summed E-state index contributed by atoms with van der Waals surface area (Å²) in [4.78, 5) is 30.1. The molecule has 1 N–H and O–H groups in total. The highest BCUT2D eigenvalue weighted by Gasteiger charge is 2.43. The molecule has 3 rings (SSSR count). The minimum atomic E-state index is -4.57. The molecule has 2 aliphatic rings. The fourth-order valence-electron chi connectivity index (χ4n) is 3.67. The second kappa shape index (κ2) is 6.57. The summed E-state index contributed by atoms with van der Waals surface area (Å²) in [5.41, 5.74) is -1.62. The van der Waals surface area contributed by atoms with Gasteiger partial charge in [-0.1, -0.05) is 0 Å². The molecule has 0 aromatic carbocycles. The van der Waals surface area contributed by atoms with Gasteiger partial charge >= 0.3 is 6.18 Å². The molecular weight excluding hydrogens is 351 g/mol. The number of carbonyl (C=O) groups excluding carboxylic acids is 2. The lowest BCUT2D eigenvalue weighted by atomic mass is 9.86. The largest absolute Gasteiger partial charge is 0.432 e. The molecule has 0 bridgehead atoms. The number of aromatic amines is 1. The van der Waals surface area contributed by atoms with E-state index in [1.165, 1.54) is 0 Å². The van der Waals surface area contributed by atoms with E-state index in [2.05, 4.69) is 10.00 Å². The number of hydrogen-bond acceptors (Lipinski definition) is 4. The summed E-state index contributed by atoms with van der Waals surface area (Å²) in [6, 6.07) is 0.748. The zero-order chi connectivity index (χ0) is 19.1. The van der Waals surface area contributed by atoms with Crippen molar-refractivity contribution in [2.75, 3.05) is 40.3 Å². The number of likely N-dealkylation sites (tertiary alicyclic amines) is 1. The maximum atomic E-state index is 12.7. The number of nitrogens with zero attached hydrogens (tertiary/aromatic N) is 4. The summed E-state index contributed by atoms with van der Waals surface area (Å²) in [7, 11) is 3.73. The van der Waals surface area contributed by atoms with Crippen LogP contribution in [0.2, 0.25) is 0 Å². The predicted molar refractivity (Wildman–Crippen MR) is 86.3 cm³/mol. The number of H-pyrrole nitrogens is 1. The Balaban J connectivity index is 1.78. The Kier molecular flexibility index (Phi) is 4.72. The highest BCUT2D eigenvalue weighted by atomic mass is 19.4. The van der Waals surface area contributed by atoms with Crippen LogP contribution in [-0.4, -0.2) is 82.5 Å². The van der Waals surface area contributed by atoms with Crippen LogP contribution < -0.4 is 0 Å². The molecule has 0 radical (unpaired) electrons. The first kappa shape index (κ1) is 18.7. The second-order valence-electron chi connectivity index (χ2n) is 7.10. The smallest absolute Gasteiger partial charge is 0.346 e. The number of halogens is 3. The minimum Gasteiger partial charge on any atom is -0.346 e. The van der Waals surface area contributed by atoms with Crippen molar-refractivity contribution >= 4 is 11.8 Å². The highest BCUT2D eigenvalue weighted by molar-refractivity contribution is 5.92. The number of rotatable bonds is 1. The van der Waals surface area contributed by atoms with Gasteiger partial charge in [-0.3, -0.25) is 19.6 Å². The maximum Gasteiger partial charge on any atom is 0.432 e. The summed E-state index contributed by atoms with van der Waals surface area (Å²) in [6.45, 7) is 1.97. The van der Waals surface area contributed by atoms with Crippen LogP contribution >= 0.6 is 0 Å². The lowest BCUT2D eigenvalue weighted by Gasteiger charge is -2.49. The quantitative estimate of drug-likeness (QED) is 0.803. The fraction of sp³-hybridized carbons (Fsp3) is 0.688. The summed E-state index contributed by atoms with van der Waals surface area (Å²) in [6.07, 6.45) is -2.85. The van der Waals surface area contributed by atoms with Crippen LogP contribution in [0.25, 0.3) is 0 Å². The molecule has 10 heteroatoms. The van der Waals surface area contributed by atoms with E-state index in [0.717, 1.165) is 6.07 Å². The standard InChI is InChI=1S/C16H22F3N5O2/c1-22-6-5-15(4-3-13(22)25)10-24(8-7-23(15)2)14(26)11-9-12(21-20-11)16(17,18)19/h9H,3-8,10H2,1-2H3,(H,20,21). The van der Waals surface area contributed by atoms with Gasteiger partial charge in [-0.05, 0) is 19.9 Å². The number of aromatic nitrogens is 2.